The highest BCUT2D eigenvalue weighted by Gasteiger charge is 2.32. The highest BCUT2D eigenvalue weighted by molar-refractivity contribution is 5.95. The van der Waals surface area contributed by atoms with Gasteiger partial charge in [-0.2, -0.15) is 5.10 Å². The van der Waals surface area contributed by atoms with Gasteiger partial charge in [0.15, 0.2) is 17.7 Å². The largest absolute Gasteiger partial charge is 0.490 e. The van der Waals surface area contributed by atoms with E-state index in [0.717, 1.165) is 11.1 Å². The summed E-state index contributed by atoms with van der Waals surface area (Å²) in [6.07, 6.45) is 0.211. The molecule has 1 aliphatic heterocycles. The normalized spacial score (nSPS) is 15.3. The molecule has 2 aromatic carbocycles. The summed E-state index contributed by atoms with van der Waals surface area (Å²) in [7, 11) is 2.59. The fourth-order valence-corrected chi connectivity index (χ4v) is 4.51. The molecule has 4 rings (SSSR count). The van der Waals surface area contributed by atoms with Crippen LogP contribution in [0.1, 0.15) is 47.1 Å². The van der Waals surface area contributed by atoms with Gasteiger partial charge in [0.25, 0.3) is 0 Å². The van der Waals surface area contributed by atoms with Crippen molar-refractivity contribution in [3.8, 4) is 22.8 Å². The number of urea groups is 1. The number of allylic oxidation sites excluding steroid dienone is 1. The number of aliphatic hydroxyl groups excluding tert-OH is 1. The molecule has 2 atom stereocenters. The van der Waals surface area contributed by atoms with Gasteiger partial charge in [0.2, 0.25) is 0 Å². The Kier molecular flexibility index (Phi) is 10.2. The number of methoxy groups -OCH3 is 2. The number of carbonyl (C=O) groups is 3. The van der Waals surface area contributed by atoms with E-state index in [0.29, 0.717) is 46.5 Å². The lowest BCUT2D eigenvalue weighted by Crippen LogP contribution is -2.45. The molecule has 0 saturated carbocycles. The van der Waals surface area contributed by atoms with Crippen LogP contribution in [-0.2, 0) is 14.3 Å². The van der Waals surface area contributed by atoms with Gasteiger partial charge < -0.3 is 39.1 Å². The molecule has 0 saturated heterocycles. The van der Waals surface area contributed by atoms with Crippen molar-refractivity contribution in [2.75, 3.05) is 27.4 Å². The van der Waals surface area contributed by atoms with Crippen LogP contribution in [0.15, 0.2) is 69.3 Å². The third-order valence-corrected chi connectivity index (χ3v) is 6.64. The molecule has 13 heteroatoms. The van der Waals surface area contributed by atoms with Gasteiger partial charge in [-0.3, -0.25) is 5.43 Å². The van der Waals surface area contributed by atoms with Crippen molar-refractivity contribution in [1.82, 2.24) is 16.1 Å². The zero-order valence-corrected chi connectivity index (χ0v) is 24.9. The van der Waals surface area contributed by atoms with Gasteiger partial charge >= 0.3 is 18.0 Å². The summed E-state index contributed by atoms with van der Waals surface area (Å²) in [5, 5.41) is 19.7. The molecule has 0 spiro atoms. The number of hydrogen-bond acceptors (Lipinski definition) is 11. The van der Waals surface area contributed by atoms with Gasteiger partial charge in [0.05, 0.1) is 44.2 Å². The second-order valence-corrected chi connectivity index (χ2v) is 9.64. The highest BCUT2D eigenvalue weighted by atomic mass is 16.5. The van der Waals surface area contributed by atoms with Crippen LogP contribution >= 0.6 is 0 Å². The quantitative estimate of drug-likeness (QED) is 0.103. The molecule has 0 unspecified atom stereocenters. The number of ether oxygens (including phenoxy) is 4. The van der Waals surface area contributed by atoms with Crippen molar-refractivity contribution in [3.05, 3.63) is 82.3 Å². The first-order chi connectivity index (χ1) is 21.1. The predicted molar refractivity (Wildman–Crippen MR) is 159 cm³/mol. The fourth-order valence-electron chi connectivity index (χ4n) is 4.51. The number of furan rings is 1. The maximum absolute atomic E-state index is 12.4. The predicted octanol–water partition coefficient (Wildman–Crippen LogP) is 3.56. The van der Waals surface area contributed by atoms with Crippen molar-refractivity contribution in [2.24, 2.45) is 5.10 Å². The summed E-state index contributed by atoms with van der Waals surface area (Å²) < 4.78 is 27.0. The minimum Gasteiger partial charge on any atom is -0.490 e. The maximum Gasteiger partial charge on any atom is 0.337 e. The van der Waals surface area contributed by atoms with Crippen LogP contribution < -0.4 is 25.5 Å². The number of aryl methyl sites for hydroxylation is 1. The molecule has 0 bridgehead atoms. The topological polar surface area (TPSA) is 170 Å². The molecule has 0 radical (unpaired) electrons. The summed E-state index contributed by atoms with van der Waals surface area (Å²) in [6, 6.07) is 12.4. The number of amides is 2. The Morgan fingerprint density at radius 2 is 1.82 bits per heavy atom. The summed E-state index contributed by atoms with van der Waals surface area (Å²) in [5.41, 5.74) is 5.84. The first-order valence-electron chi connectivity index (χ1n) is 13.7. The second-order valence-electron chi connectivity index (χ2n) is 9.64. The van der Waals surface area contributed by atoms with E-state index >= 15 is 0 Å². The molecule has 232 valence electrons. The van der Waals surface area contributed by atoms with E-state index in [1.807, 2.05) is 13.0 Å². The first kappa shape index (κ1) is 31.6. The Bertz CT molecular complexity index is 1590. The lowest BCUT2D eigenvalue weighted by atomic mass is 9.95. The van der Waals surface area contributed by atoms with Crippen molar-refractivity contribution >= 4 is 24.2 Å². The smallest absolute Gasteiger partial charge is 0.337 e. The van der Waals surface area contributed by atoms with Crippen molar-refractivity contribution in [1.29, 1.82) is 0 Å². The molecule has 1 aromatic heterocycles. The first-order valence-corrected chi connectivity index (χ1v) is 13.7. The van der Waals surface area contributed by atoms with Crippen LogP contribution in [0.4, 0.5) is 4.79 Å². The molecular formula is C31H34N4O9. The molecule has 2 amide bonds. The number of hydrazone groups is 1. The third kappa shape index (κ3) is 7.36. The minimum absolute atomic E-state index is 0.184. The molecule has 4 N–H and O–H groups in total. The van der Waals surface area contributed by atoms with Crippen molar-refractivity contribution in [3.63, 3.8) is 0 Å². The number of rotatable bonds is 12. The zero-order chi connectivity index (χ0) is 31.8. The number of nitrogens with one attached hydrogen (secondary N) is 3. The van der Waals surface area contributed by atoms with Crippen LogP contribution in [0.5, 0.6) is 11.5 Å². The average Bonchev–Trinajstić information content (AvgIpc) is 3.48. The van der Waals surface area contributed by atoms with E-state index in [-0.39, 0.29) is 12.2 Å². The van der Waals surface area contributed by atoms with Gasteiger partial charge in [-0.05, 0) is 68.3 Å². The van der Waals surface area contributed by atoms with Crippen LogP contribution in [0, 0.1) is 6.92 Å². The van der Waals surface area contributed by atoms with Crippen molar-refractivity contribution in [2.45, 2.75) is 33.0 Å². The molecule has 0 fully saturated rings. The van der Waals surface area contributed by atoms with Gasteiger partial charge in [-0.15, -0.1) is 0 Å². The Labute approximate surface area is 253 Å². The van der Waals surface area contributed by atoms with Gasteiger partial charge in [-0.1, -0.05) is 12.1 Å². The van der Waals surface area contributed by atoms with E-state index in [9.17, 15) is 19.5 Å². The monoisotopic (exact) mass is 606 g/mol. The average molecular weight is 607 g/mol. The van der Waals surface area contributed by atoms with Crippen LogP contribution in [0.25, 0.3) is 11.3 Å². The Morgan fingerprint density at radius 1 is 1.05 bits per heavy atom. The Morgan fingerprint density at radius 3 is 2.55 bits per heavy atom. The van der Waals surface area contributed by atoms with Crippen LogP contribution in [0.3, 0.4) is 0 Å². The minimum atomic E-state index is -1.19. The molecule has 2 heterocycles. The molecule has 13 nitrogen and oxygen atoms in total. The van der Waals surface area contributed by atoms with E-state index in [2.05, 4.69) is 21.2 Å². The van der Waals surface area contributed by atoms with Crippen LogP contribution in [-0.4, -0.2) is 63.0 Å². The molecule has 3 aromatic rings. The van der Waals surface area contributed by atoms with Gasteiger partial charge in [0.1, 0.15) is 18.1 Å². The lowest BCUT2D eigenvalue weighted by Gasteiger charge is -2.28. The number of aliphatic hydroxyl groups is 1. The molecule has 0 aliphatic carbocycles. The summed E-state index contributed by atoms with van der Waals surface area (Å²) >= 11 is 0. The standard InChI is InChI=1S/C31H34N4O9/c1-6-42-25-14-19(28-27(30(38)41-5)18(3)33-31(39)34-28)9-11-24(25)43-16-26(36)35-32-15-21-10-12-23(44-21)22-13-20(29(37)40-4)8-7-17(22)2/h7-15,26,28,35-36H,6,16H2,1-5H3,(H2,33,34,39)/b32-15-/t26-,28-/m0/s1. The number of carbonyl (C=O) groups excluding carboxylic acids is 3. The van der Waals surface area contributed by atoms with Gasteiger partial charge in [-0.25, -0.2) is 14.4 Å². The van der Waals surface area contributed by atoms with E-state index in [1.54, 1.807) is 56.3 Å². The highest BCUT2D eigenvalue weighted by Crippen LogP contribution is 2.35. The SMILES string of the molecule is CCOc1cc([C@@H]2NC(=O)NC(C)=C2C(=O)OC)ccc1OC[C@H](O)N/N=C\c1ccc(-c2cc(C(=O)OC)ccc2C)o1. The summed E-state index contributed by atoms with van der Waals surface area (Å²) in [6.45, 7) is 5.45. The number of nitrogens with zero attached hydrogens (tertiary/aromatic N) is 1. The summed E-state index contributed by atoms with van der Waals surface area (Å²) in [4.78, 5) is 36.5. The van der Waals surface area contributed by atoms with E-state index in [1.165, 1.54) is 20.4 Å². The fraction of sp³-hybridized carbons (Fsp3) is 0.290. The number of esters is 2. The Balaban J connectivity index is 1.40. The van der Waals surface area contributed by atoms with Crippen LogP contribution in [0.2, 0.25) is 0 Å². The third-order valence-electron chi connectivity index (χ3n) is 6.64. The molecular weight excluding hydrogens is 572 g/mol. The molecule has 44 heavy (non-hydrogen) atoms. The second kappa shape index (κ2) is 14.2. The van der Waals surface area contributed by atoms with Crippen molar-refractivity contribution < 1.29 is 42.9 Å². The summed E-state index contributed by atoms with van der Waals surface area (Å²) in [5.74, 6) is 0.615. The van der Waals surface area contributed by atoms with E-state index in [4.69, 9.17) is 23.4 Å². The number of hydrogen-bond donors (Lipinski definition) is 4. The maximum atomic E-state index is 12.4. The number of benzene rings is 2. The Hall–Kier alpha value is -5.30. The van der Waals surface area contributed by atoms with Gasteiger partial charge in [0, 0.05) is 11.3 Å². The zero-order valence-electron chi connectivity index (χ0n) is 24.9. The lowest BCUT2D eigenvalue weighted by molar-refractivity contribution is -0.136. The molecule has 1 aliphatic rings. The van der Waals surface area contributed by atoms with E-state index < -0.39 is 30.2 Å².